The zero-order valence-corrected chi connectivity index (χ0v) is 11.7. The summed E-state index contributed by atoms with van der Waals surface area (Å²) in [5, 5.41) is 25.7. The number of ether oxygens (including phenoxy) is 1. The van der Waals surface area contributed by atoms with Gasteiger partial charge in [0.05, 0.1) is 23.6 Å². The molecule has 1 atom stereocenters. The number of nitrogens with one attached hydrogen (secondary N) is 2. The van der Waals surface area contributed by atoms with Crippen LogP contribution < -0.4 is 10.6 Å². The number of nitro groups is 1. The van der Waals surface area contributed by atoms with Gasteiger partial charge in [0.25, 0.3) is 5.69 Å². The number of urea groups is 1. The van der Waals surface area contributed by atoms with Gasteiger partial charge < -0.3 is 20.5 Å². The molecule has 1 aliphatic rings. The molecular formula is C13H13N3O6. The molecule has 0 saturated carbocycles. The van der Waals surface area contributed by atoms with Crippen molar-refractivity contribution in [3.8, 4) is 5.75 Å². The maximum atomic E-state index is 11.9. The molecule has 3 N–H and O–H groups in total. The van der Waals surface area contributed by atoms with Crippen LogP contribution in [0.1, 0.15) is 18.5 Å². The monoisotopic (exact) mass is 307 g/mol. The van der Waals surface area contributed by atoms with Gasteiger partial charge >= 0.3 is 12.0 Å². The summed E-state index contributed by atoms with van der Waals surface area (Å²) < 4.78 is 4.66. The van der Waals surface area contributed by atoms with E-state index in [1.54, 1.807) is 0 Å². The third-order valence-corrected chi connectivity index (χ3v) is 3.21. The van der Waals surface area contributed by atoms with Crippen molar-refractivity contribution in [2.45, 2.75) is 13.0 Å². The van der Waals surface area contributed by atoms with Crippen molar-refractivity contribution in [2.75, 3.05) is 7.11 Å². The highest BCUT2D eigenvalue weighted by molar-refractivity contribution is 5.95. The highest BCUT2D eigenvalue weighted by Crippen LogP contribution is 2.35. The summed E-state index contributed by atoms with van der Waals surface area (Å²) in [6.45, 7) is 1.49. The number of aromatic hydroxyl groups is 1. The number of benzene rings is 1. The number of carbonyl (C=O) groups excluding carboxylic acids is 2. The Labute approximate surface area is 124 Å². The van der Waals surface area contributed by atoms with Crippen molar-refractivity contribution >= 4 is 17.7 Å². The second-order valence-electron chi connectivity index (χ2n) is 4.56. The van der Waals surface area contributed by atoms with E-state index >= 15 is 0 Å². The number of hydrogen-bond donors (Lipinski definition) is 3. The molecule has 22 heavy (non-hydrogen) atoms. The Balaban J connectivity index is 2.60. The fourth-order valence-electron chi connectivity index (χ4n) is 2.19. The molecule has 2 amide bonds. The molecule has 9 nitrogen and oxygen atoms in total. The average Bonchev–Trinajstić information content (AvgIpc) is 2.46. The van der Waals surface area contributed by atoms with E-state index in [4.69, 9.17) is 0 Å². The number of phenols is 1. The molecule has 0 spiro atoms. The summed E-state index contributed by atoms with van der Waals surface area (Å²) in [6, 6.07) is 1.70. The Morgan fingerprint density at radius 3 is 2.73 bits per heavy atom. The van der Waals surface area contributed by atoms with Crippen LogP contribution in [-0.2, 0) is 9.53 Å². The van der Waals surface area contributed by atoms with Crippen molar-refractivity contribution < 1.29 is 24.4 Å². The fourth-order valence-corrected chi connectivity index (χ4v) is 2.19. The normalized spacial score (nSPS) is 17.5. The fraction of sp³-hybridized carbons (Fsp3) is 0.231. The van der Waals surface area contributed by atoms with Crippen molar-refractivity contribution in [1.82, 2.24) is 10.6 Å². The first-order valence-electron chi connectivity index (χ1n) is 6.19. The summed E-state index contributed by atoms with van der Waals surface area (Å²) in [7, 11) is 1.17. The van der Waals surface area contributed by atoms with Crippen molar-refractivity contribution in [1.29, 1.82) is 0 Å². The number of phenolic OH excluding ortho intramolecular Hbond substituents is 1. The van der Waals surface area contributed by atoms with Gasteiger partial charge in [-0.1, -0.05) is 0 Å². The van der Waals surface area contributed by atoms with Crippen LogP contribution in [0.5, 0.6) is 5.75 Å². The van der Waals surface area contributed by atoms with E-state index in [2.05, 4.69) is 15.4 Å². The number of amides is 2. The maximum Gasteiger partial charge on any atom is 0.337 e. The van der Waals surface area contributed by atoms with E-state index in [1.807, 2.05) is 0 Å². The molecule has 0 aliphatic carbocycles. The summed E-state index contributed by atoms with van der Waals surface area (Å²) in [6.07, 6.45) is 0. The van der Waals surface area contributed by atoms with E-state index in [0.717, 1.165) is 18.2 Å². The molecule has 1 unspecified atom stereocenters. The van der Waals surface area contributed by atoms with E-state index in [0.29, 0.717) is 0 Å². The topological polar surface area (TPSA) is 131 Å². The first-order valence-corrected chi connectivity index (χ1v) is 6.19. The molecule has 2 rings (SSSR count). The second-order valence-corrected chi connectivity index (χ2v) is 4.56. The van der Waals surface area contributed by atoms with E-state index in [-0.39, 0.29) is 28.3 Å². The Kier molecular flexibility index (Phi) is 3.97. The third-order valence-electron chi connectivity index (χ3n) is 3.21. The Morgan fingerprint density at radius 1 is 1.45 bits per heavy atom. The number of nitro benzene ring substituents is 1. The zero-order valence-electron chi connectivity index (χ0n) is 11.7. The van der Waals surface area contributed by atoms with E-state index in [1.165, 1.54) is 14.0 Å². The summed E-state index contributed by atoms with van der Waals surface area (Å²) in [4.78, 5) is 33.8. The number of methoxy groups -OCH3 is 1. The number of esters is 1. The molecular weight excluding hydrogens is 294 g/mol. The van der Waals surface area contributed by atoms with Crippen LogP contribution in [-0.4, -0.2) is 29.1 Å². The molecule has 1 heterocycles. The predicted octanol–water partition coefficient (Wildman–Crippen LogP) is 1.10. The first kappa shape index (κ1) is 15.3. The van der Waals surface area contributed by atoms with Crippen LogP contribution in [0.15, 0.2) is 29.5 Å². The van der Waals surface area contributed by atoms with Gasteiger partial charge in [0.15, 0.2) is 0 Å². The van der Waals surface area contributed by atoms with Gasteiger partial charge in [-0.15, -0.1) is 0 Å². The lowest BCUT2D eigenvalue weighted by Crippen LogP contribution is -2.45. The molecule has 116 valence electrons. The highest BCUT2D eigenvalue weighted by Gasteiger charge is 2.34. The van der Waals surface area contributed by atoms with Crippen LogP contribution in [0, 0.1) is 10.1 Å². The van der Waals surface area contributed by atoms with Gasteiger partial charge in [0.1, 0.15) is 5.75 Å². The smallest absolute Gasteiger partial charge is 0.337 e. The number of hydrogen-bond acceptors (Lipinski definition) is 6. The molecule has 9 heteroatoms. The summed E-state index contributed by atoms with van der Waals surface area (Å²) in [5.74, 6) is -1.01. The van der Waals surface area contributed by atoms with Crippen LogP contribution >= 0.6 is 0 Å². The Morgan fingerprint density at radius 2 is 2.14 bits per heavy atom. The molecule has 0 saturated heterocycles. The minimum Gasteiger partial charge on any atom is -0.508 e. The van der Waals surface area contributed by atoms with Gasteiger partial charge in [-0.25, -0.2) is 9.59 Å². The van der Waals surface area contributed by atoms with Gasteiger partial charge in [0.2, 0.25) is 0 Å². The standard InChI is InChI=1S/C13H13N3O6/c1-6-10(12(18)22-2)11(15-13(19)14-6)8-5-7(16(20)21)3-4-9(8)17/h3-5,11,17H,1-2H3,(H2,14,15,19). The zero-order chi connectivity index (χ0) is 16.4. The van der Waals surface area contributed by atoms with Crippen LogP contribution in [0.2, 0.25) is 0 Å². The lowest BCUT2D eigenvalue weighted by atomic mass is 9.94. The summed E-state index contributed by atoms with van der Waals surface area (Å²) >= 11 is 0. The highest BCUT2D eigenvalue weighted by atomic mass is 16.6. The van der Waals surface area contributed by atoms with Gasteiger partial charge in [-0.2, -0.15) is 0 Å². The van der Waals surface area contributed by atoms with E-state index < -0.39 is 23.0 Å². The maximum absolute atomic E-state index is 11.9. The van der Waals surface area contributed by atoms with Crippen LogP contribution in [0.25, 0.3) is 0 Å². The lowest BCUT2D eigenvalue weighted by Gasteiger charge is -2.28. The van der Waals surface area contributed by atoms with Crippen LogP contribution in [0.4, 0.5) is 10.5 Å². The minimum absolute atomic E-state index is 0.0313. The van der Waals surface area contributed by atoms with Crippen molar-refractivity contribution in [3.05, 3.63) is 45.1 Å². The number of non-ortho nitro benzene ring substituents is 1. The number of carbonyl (C=O) groups is 2. The number of nitrogens with zero attached hydrogens (tertiary/aromatic N) is 1. The first-order chi connectivity index (χ1) is 10.3. The number of rotatable bonds is 3. The molecule has 0 radical (unpaired) electrons. The third kappa shape index (κ3) is 2.68. The quantitative estimate of drug-likeness (QED) is 0.435. The Hall–Kier alpha value is -3.10. The average molecular weight is 307 g/mol. The molecule has 0 fully saturated rings. The van der Waals surface area contributed by atoms with Crippen molar-refractivity contribution in [2.24, 2.45) is 0 Å². The SMILES string of the molecule is COC(=O)C1=C(C)NC(=O)NC1c1cc([N+](=O)[O-])ccc1O. The molecule has 0 aromatic heterocycles. The molecule has 1 aromatic rings. The Bertz CT molecular complexity index is 697. The second kappa shape index (κ2) is 5.72. The summed E-state index contributed by atoms with van der Waals surface area (Å²) in [5.41, 5.74) is 0.0515. The minimum atomic E-state index is -1.05. The lowest BCUT2D eigenvalue weighted by molar-refractivity contribution is -0.385. The molecule has 1 aromatic carbocycles. The van der Waals surface area contributed by atoms with Gasteiger partial charge in [0, 0.05) is 23.4 Å². The largest absolute Gasteiger partial charge is 0.508 e. The van der Waals surface area contributed by atoms with Gasteiger partial charge in [-0.3, -0.25) is 10.1 Å². The van der Waals surface area contributed by atoms with Crippen molar-refractivity contribution in [3.63, 3.8) is 0 Å². The van der Waals surface area contributed by atoms with Gasteiger partial charge in [-0.05, 0) is 13.0 Å². The molecule has 0 bridgehead atoms. The molecule has 1 aliphatic heterocycles. The van der Waals surface area contributed by atoms with E-state index in [9.17, 15) is 24.8 Å². The van der Waals surface area contributed by atoms with Crippen LogP contribution in [0.3, 0.4) is 0 Å². The predicted molar refractivity (Wildman–Crippen MR) is 73.9 cm³/mol. The number of allylic oxidation sites excluding steroid dienone is 1.